The molecule has 1 saturated heterocycles. The number of para-hydroxylation sites is 1. The second-order valence-corrected chi connectivity index (χ2v) is 7.71. The fourth-order valence-electron chi connectivity index (χ4n) is 2.93. The molecule has 2 aliphatic rings. The summed E-state index contributed by atoms with van der Waals surface area (Å²) in [6.45, 7) is 3.40. The van der Waals surface area contributed by atoms with Crippen LogP contribution in [-0.2, 0) is 22.8 Å². The van der Waals surface area contributed by atoms with Gasteiger partial charge in [-0.15, -0.1) is 12.4 Å². The first-order chi connectivity index (χ1) is 9.14. The lowest BCUT2D eigenvalue weighted by Crippen LogP contribution is -2.26. The Hall–Kier alpha value is -0.780. The van der Waals surface area contributed by atoms with Crippen molar-refractivity contribution < 1.29 is 8.42 Å². The van der Waals surface area contributed by atoms with Crippen LogP contribution in [-0.4, -0.2) is 44.5 Å². The van der Waals surface area contributed by atoms with Crippen LogP contribution >= 0.6 is 12.4 Å². The maximum Gasteiger partial charge on any atom is 0.151 e. The molecule has 3 rings (SSSR count). The van der Waals surface area contributed by atoms with Crippen molar-refractivity contribution in [1.82, 2.24) is 4.90 Å². The number of nitrogens with zero attached hydrogens (tertiary/aromatic N) is 1. The summed E-state index contributed by atoms with van der Waals surface area (Å²) in [6, 6.07) is 6.43. The van der Waals surface area contributed by atoms with E-state index < -0.39 is 9.84 Å². The van der Waals surface area contributed by atoms with Crippen LogP contribution in [0.5, 0.6) is 0 Å². The van der Waals surface area contributed by atoms with E-state index in [9.17, 15) is 8.42 Å². The molecule has 2 aliphatic heterocycles. The molecule has 6 heteroatoms. The molecule has 0 aliphatic carbocycles. The molecule has 0 amide bonds. The van der Waals surface area contributed by atoms with E-state index in [1.54, 1.807) is 0 Å². The Morgan fingerprint density at radius 2 is 2.05 bits per heavy atom. The Balaban J connectivity index is 0.00000147. The van der Waals surface area contributed by atoms with E-state index in [4.69, 9.17) is 0 Å². The first-order valence-corrected chi connectivity index (χ1v) is 8.74. The summed E-state index contributed by atoms with van der Waals surface area (Å²) in [6.07, 6.45) is 1.85. The van der Waals surface area contributed by atoms with Crippen molar-refractivity contribution in [1.29, 1.82) is 0 Å². The van der Waals surface area contributed by atoms with Crippen LogP contribution in [0.4, 0.5) is 5.69 Å². The van der Waals surface area contributed by atoms with E-state index in [0.717, 1.165) is 32.5 Å². The highest BCUT2D eigenvalue weighted by molar-refractivity contribution is 7.91. The number of rotatable bonds is 2. The highest BCUT2D eigenvalue weighted by Crippen LogP contribution is 2.27. The second kappa shape index (κ2) is 6.33. The molecule has 2 heterocycles. The zero-order valence-corrected chi connectivity index (χ0v) is 13.1. The number of hydrogen-bond donors (Lipinski definition) is 1. The Kier molecular flexibility index (Phi) is 4.94. The molecule has 1 aromatic carbocycles. The maximum atomic E-state index is 11.6. The third-order valence-electron chi connectivity index (χ3n) is 3.98. The highest BCUT2D eigenvalue weighted by Gasteiger charge is 2.21. The number of fused-ring (bicyclic) bond motifs is 1. The summed E-state index contributed by atoms with van der Waals surface area (Å²) in [4.78, 5) is 2.26. The van der Waals surface area contributed by atoms with Gasteiger partial charge in [-0.2, -0.15) is 0 Å². The lowest BCUT2D eigenvalue weighted by Gasteiger charge is -2.21. The zero-order chi connectivity index (χ0) is 13.3. The van der Waals surface area contributed by atoms with Gasteiger partial charge in [-0.1, -0.05) is 18.2 Å². The van der Waals surface area contributed by atoms with Gasteiger partial charge >= 0.3 is 0 Å². The number of anilines is 1. The van der Waals surface area contributed by atoms with Crippen molar-refractivity contribution in [2.24, 2.45) is 0 Å². The Morgan fingerprint density at radius 3 is 2.90 bits per heavy atom. The van der Waals surface area contributed by atoms with E-state index in [2.05, 4.69) is 28.4 Å². The van der Waals surface area contributed by atoms with Gasteiger partial charge in [-0.05, 0) is 30.5 Å². The number of nitrogens with one attached hydrogen (secondary N) is 1. The number of sulfone groups is 1. The molecule has 0 saturated carbocycles. The van der Waals surface area contributed by atoms with Crippen LogP contribution in [0.15, 0.2) is 18.2 Å². The average Bonchev–Trinajstić information content (AvgIpc) is 2.78. The van der Waals surface area contributed by atoms with Gasteiger partial charge in [0.1, 0.15) is 0 Å². The quantitative estimate of drug-likeness (QED) is 0.902. The first kappa shape index (κ1) is 15.6. The van der Waals surface area contributed by atoms with Crippen LogP contribution < -0.4 is 5.32 Å². The van der Waals surface area contributed by atoms with Crippen molar-refractivity contribution >= 4 is 27.9 Å². The number of benzene rings is 1. The predicted molar refractivity (Wildman–Crippen MR) is 84.4 cm³/mol. The molecule has 0 bridgehead atoms. The first-order valence-electron chi connectivity index (χ1n) is 6.91. The van der Waals surface area contributed by atoms with Crippen LogP contribution in [0.3, 0.4) is 0 Å². The Labute approximate surface area is 126 Å². The van der Waals surface area contributed by atoms with E-state index in [1.165, 1.54) is 16.8 Å². The van der Waals surface area contributed by atoms with Crippen molar-refractivity contribution in [3.05, 3.63) is 29.3 Å². The van der Waals surface area contributed by atoms with Crippen molar-refractivity contribution in [2.45, 2.75) is 19.4 Å². The van der Waals surface area contributed by atoms with Gasteiger partial charge in [0.2, 0.25) is 0 Å². The third-order valence-corrected chi connectivity index (χ3v) is 5.69. The molecule has 0 radical (unpaired) electrons. The smallest absolute Gasteiger partial charge is 0.151 e. The van der Waals surface area contributed by atoms with E-state index >= 15 is 0 Å². The summed E-state index contributed by atoms with van der Waals surface area (Å²) >= 11 is 0. The van der Waals surface area contributed by atoms with Crippen LogP contribution in [0.25, 0.3) is 0 Å². The lowest BCUT2D eigenvalue weighted by atomic mass is 10.1. The standard InChI is InChI=1S/C14H20N2O2S.ClH/c17-19(18)9-2-7-16(8-10-19)11-13-4-1-3-12-5-6-15-14(12)13;/h1,3-4,15H,2,5-11H2;1H. The van der Waals surface area contributed by atoms with Gasteiger partial charge in [-0.25, -0.2) is 8.42 Å². The molecule has 4 nitrogen and oxygen atoms in total. The maximum absolute atomic E-state index is 11.6. The zero-order valence-electron chi connectivity index (χ0n) is 11.5. The van der Waals surface area contributed by atoms with E-state index in [0.29, 0.717) is 18.1 Å². The molecule has 0 spiro atoms. The Bertz CT molecular complexity index is 575. The second-order valence-electron chi connectivity index (χ2n) is 5.41. The van der Waals surface area contributed by atoms with Gasteiger partial charge in [0.15, 0.2) is 9.84 Å². The topological polar surface area (TPSA) is 49.4 Å². The largest absolute Gasteiger partial charge is 0.384 e. The Morgan fingerprint density at radius 1 is 1.20 bits per heavy atom. The fraction of sp³-hybridized carbons (Fsp3) is 0.571. The van der Waals surface area contributed by atoms with Gasteiger partial charge in [0, 0.05) is 25.3 Å². The molecule has 112 valence electrons. The van der Waals surface area contributed by atoms with Crippen LogP contribution in [0, 0.1) is 0 Å². The van der Waals surface area contributed by atoms with E-state index in [-0.39, 0.29) is 12.4 Å². The van der Waals surface area contributed by atoms with Gasteiger partial charge in [-0.3, -0.25) is 4.90 Å². The van der Waals surface area contributed by atoms with Crippen molar-refractivity contribution in [2.75, 3.05) is 36.5 Å². The van der Waals surface area contributed by atoms with Crippen molar-refractivity contribution in [3.63, 3.8) is 0 Å². The van der Waals surface area contributed by atoms with Crippen LogP contribution in [0.2, 0.25) is 0 Å². The monoisotopic (exact) mass is 316 g/mol. The minimum Gasteiger partial charge on any atom is -0.384 e. The minimum absolute atomic E-state index is 0. The molecule has 0 unspecified atom stereocenters. The van der Waals surface area contributed by atoms with Gasteiger partial charge in [0.25, 0.3) is 0 Å². The molecule has 20 heavy (non-hydrogen) atoms. The van der Waals surface area contributed by atoms with Gasteiger partial charge < -0.3 is 5.32 Å². The van der Waals surface area contributed by atoms with Crippen LogP contribution in [0.1, 0.15) is 17.5 Å². The summed E-state index contributed by atoms with van der Waals surface area (Å²) < 4.78 is 23.2. The van der Waals surface area contributed by atoms with Gasteiger partial charge in [0.05, 0.1) is 11.5 Å². The minimum atomic E-state index is -2.81. The summed E-state index contributed by atoms with van der Waals surface area (Å²) in [7, 11) is -2.81. The van der Waals surface area contributed by atoms with E-state index in [1.807, 2.05) is 0 Å². The summed E-state index contributed by atoms with van der Waals surface area (Å²) in [5, 5.41) is 3.45. The lowest BCUT2D eigenvalue weighted by molar-refractivity contribution is 0.287. The molecule has 1 aromatic rings. The molecule has 1 fully saturated rings. The molecular weight excluding hydrogens is 296 g/mol. The summed E-state index contributed by atoms with van der Waals surface area (Å²) in [5.41, 5.74) is 3.96. The SMILES string of the molecule is Cl.O=S1(=O)CCCN(Cc2cccc3c2NCC3)CC1. The highest BCUT2D eigenvalue weighted by atomic mass is 35.5. The van der Waals surface area contributed by atoms with Crippen molar-refractivity contribution in [3.8, 4) is 0 Å². The molecule has 1 N–H and O–H groups in total. The summed E-state index contributed by atoms with van der Waals surface area (Å²) in [5.74, 6) is 0.643. The predicted octanol–water partition coefficient (Wildman–Crippen LogP) is 1.70. The molecule has 0 atom stereocenters. The molecule has 0 aromatic heterocycles. The third kappa shape index (κ3) is 3.45. The number of halogens is 1. The normalized spacial score (nSPS) is 21.4. The fourth-order valence-corrected chi connectivity index (χ4v) is 4.24. The number of hydrogen-bond acceptors (Lipinski definition) is 4. The molecular formula is C14H21ClN2O2S. The average molecular weight is 317 g/mol.